The van der Waals surface area contributed by atoms with Crippen molar-refractivity contribution >= 4 is 17.2 Å². The van der Waals surface area contributed by atoms with Crippen LogP contribution in [0.25, 0.3) is 5.57 Å². The lowest BCUT2D eigenvalue weighted by Crippen LogP contribution is -2.08. The predicted octanol–water partition coefficient (Wildman–Crippen LogP) is 2.92. The number of carbonyl (C=O) groups is 1. The van der Waals surface area contributed by atoms with Gasteiger partial charge in [-0.25, -0.2) is 4.79 Å². The van der Waals surface area contributed by atoms with Gasteiger partial charge in [-0.05, 0) is 55.0 Å². The number of rotatable bonds is 2. The molecular weight excluding hydrogens is 214 g/mol. The van der Waals surface area contributed by atoms with Gasteiger partial charge in [-0.1, -0.05) is 6.07 Å². The van der Waals surface area contributed by atoms with E-state index in [1.165, 1.54) is 5.56 Å². The van der Waals surface area contributed by atoms with Crippen molar-refractivity contribution in [1.29, 1.82) is 0 Å². The van der Waals surface area contributed by atoms with E-state index in [-0.39, 0.29) is 0 Å². The molecule has 0 unspecified atom stereocenters. The number of hydrogen-bond donors (Lipinski definition) is 2. The van der Waals surface area contributed by atoms with Gasteiger partial charge >= 0.3 is 5.97 Å². The molecule has 3 heteroatoms. The highest BCUT2D eigenvalue weighted by Crippen LogP contribution is 2.34. The first kappa shape index (κ1) is 11.7. The second-order valence-corrected chi connectivity index (χ2v) is 4.38. The van der Waals surface area contributed by atoms with Crippen LogP contribution in [0.15, 0.2) is 23.8 Å². The van der Waals surface area contributed by atoms with Crippen LogP contribution in [0.4, 0.5) is 5.69 Å². The van der Waals surface area contributed by atoms with Crippen molar-refractivity contribution in [3.8, 4) is 0 Å². The Morgan fingerprint density at radius 3 is 2.76 bits per heavy atom. The van der Waals surface area contributed by atoms with Crippen LogP contribution in [-0.2, 0) is 11.2 Å². The summed E-state index contributed by atoms with van der Waals surface area (Å²) in [6.07, 6.45) is 2.92. The molecule has 0 aliphatic heterocycles. The molecule has 0 amide bonds. The maximum atomic E-state index is 11.1. The lowest BCUT2D eigenvalue weighted by atomic mass is 9.84. The monoisotopic (exact) mass is 231 g/mol. The average molecular weight is 231 g/mol. The maximum absolute atomic E-state index is 11.1. The Balaban J connectivity index is 2.52. The van der Waals surface area contributed by atoms with Crippen LogP contribution in [0.2, 0.25) is 0 Å². The molecule has 0 atom stereocenters. The fraction of sp³-hybridized carbons (Fsp3) is 0.357. The number of carboxylic acids is 1. The third-order valence-electron chi connectivity index (χ3n) is 3.37. The van der Waals surface area contributed by atoms with Crippen LogP contribution in [-0.4, -0.2) is 18.1 Å². The molecule has 1 aromatic carbocycles. The summed E-state index contributed by atoms with van der Waals surface area (Å²) in [4.78, 5) is 11.1. The van der Waals surface area contributed by atoms with E-state index < -0.39 is 5.97 Å². The van der Waals surface area contributed by atoms with Gasteiger partial charge in [0.1, 0.15) is 0 Å². The van der Waals surface area contributed by atoms with E-state index in [1.807, 2.05) is 19.2 Å². The number of hydrogen-bond acceptors (Lipinski definition) is 2. The largest absolute Gasteiger partial charge is 0.478 e. The molecule has 2 rings (SSSR count). The molecule has 1 aromatic rings. The van der Waals surface area contributed by atoms with Gasteiger partial charge in [-0.15, -0.1) is 0 Å². The number of aliphatic carboxylic acids is 1. The molecule has 2 N–H and O–H groups in total. The number of allylic oxidation sites excluding steroid dienone is 1. The SMILES string of the molecule is CNc1ccc2c(c1)CCC/C2=C(/C)C(=O)O. The van der Waals surface area contributed by atoms with Gasteiger partial charge in [0.2, 0.25) is 0 Å². The van der Waals surface area contributed by atoms with Crippen molar-refractivity contribution in [2.45, 2.75) is 26.2 Å². The second-order valence-electron chi connectivity index (χ2n) is 4.38. The lowest BCUT2D eigenvalue weighted by Gasteiger charge is -2.21. The highest BCUT2D eigenvalue weighted by Gasteiger charge is 2.18. The number of carboxylic acid groups (broad SMARTS) is 1. The maximum Gasteiger partial charge on any atom is 0.331 e. The van der Waals surface area contributed by atoms with Crippen LogP contribution in [0, 0.1) is 0 Å². The number of anilines is 1. The number of nitrogens with one attached hydrogen (secondary N) is 1. The van der Waals surface area contributed by atoms with Crippen LogP contribution in [0.5, 0.6) is 0 Å². The van der Waals surface area contributed by atoms with Gasteiger partial charge in [-0.2, -0.15) is 0 Å². The molecule has 0 saturated carbocycles. The van der Waals surface area contributed by atoms with E-state index in [9.17, 15) is 4.79 Å². The molecule has 90 valence electrons. The normalized spacial score (nSPS) is 17.3. The highest BCUT2D eigenvalue weighted by atomic mass is 16.4. The summed E-state index contributed by atoms with van der Waals surface area (Å²) in [6.45, 7) is 1.69. The van der Waals surface area contributed by atoms with Crippen molar-refractivity contribution < 1.29 is 9.90 Å². The molecule has 0 aromatic heterocycles. The standard InChI is InChI=1S/C14H17NO2/c1-9(14(16)17)12-5-3-4-10-8-11(15-2)6-7-13(10)12/h6-8,15H,3-5H2,1-2H3,(H,16,17)/b12-9+. The van der Waals surface area contributed by atoms with Gasteiger partial charge < -0.3 is 10.4 Å². The van der Waals surface area contributed by atoms with Crippen molar-refractivity contribution in [3.63, 3.8) is 0 Å². The van der Waals surface area contributed by atoms with E-state index >= 15 is 0 Å². The van der Waals surface area contributed by atoms with Crippen molar-refractivity contribution in [1.82, 2.24) is 0 Å². The summed E-state index contributed by atoms with van der Waals surface area (Å²) < 4.78 is 0. The minimum atomic E-state index is -0.814. The summed E-state index contributed by atoms with van der Waals surface area (Å²) in [5, 5.41) is 12.2. The van der Waals surface area contributed by atoms with Crippen LogP contribution < -0.4 is 5.32 Å². The lowest BCUT2D eigenvalue weighted by molar-refractivity contribution is -0.132. The second kappa shape index (κ2) is 4.62. The van der Waals surface area contributed by atoms with Gasteiger partial charge in [-0.3, -0.25) is 0 Å². The van der Waals surface area contributed by atoms with E-state index in [1.54, 1.807) is 6.92 Å². The Morgan fingerprint density at radius 2 is 2.12 bits per heavy atom. The average Bonchev–Trinajstić information content (AvgIpc) is 2.36. The Hall–Kier alpha value is -1.77. The predicted molar refractivity (Wildman–Crippen MR) is 69.2 cm³/mol. The molecule has 17 heavy (non-hydrogen) atoms. The molecule has 1 aliphatic carbocycles. The van der Waals surface area contributed by atoms with E-state index in [4.69, 9.17) is 5.11 Å². The Kier molecular flexibility index (Phi) is 3.18. The van der Waals surface area contributed by atoms with Gasteiger partial charge in [0.05, 0.1) is 0 Å². The molecule has 0 saturated heterocycles. The summed E-state index contributed by atoms with van der Waals surface area (Å²) in [7, 11) is 1.89. The summed E-state index contributed by atoms with van der Waals surface area (Å²) >= 11 is 0. The number of aryl methyl sites for hydroxylation is 1. The number of fused-ring (bicyclic) bond motifs is 1. The Morgan fingerprint density at radius 1 is 1.35 bits per heavy atom. The molecule has 0 spiro atoms. The van der Waals surface area contributed by atoms with Crippen LogP contribution >= 0.6 is 0 Å². The first-order valence-corrected chi connectivity index (χ1v) is 5.87. The van der Waals surface area contributed by atoms with Crippen molar-refractivity contribution in [2.24, 2.45) is 0 Å². The van der Waals surface area contributed by atoms with Gasteiger partial charge in [0.25, 0.3) is 0 Å². The van der Waals surface area contributed by atoms with Crippen molar-refractivity contribution in [2.75, 3.05) is 12.4 Å². The molecule has 0 fully saturated rings. The first-order valence-electron chi connectivity index (χ1n) is 5.87. The van der Waals surface area contributed by atoms with Gasteiger partial charge in [0, 0.05) is 18.3 Å². The van der Waals surface area contributed by atoms with Crippen LogP contribution in [0.1, 0.15) is 30.9 Å². The third-order valence-corrected chi connectivity index (χ3v) is 3.37. The molecule has 0 radical (unpaired) electrons. The van der Waals surface area contributed by atoms with E-state index in [0.29, 0.717) is 5.57 Å². The summed E-state index contributed by atoms with van der Waals surface area (Å²) in [5.41, 5.74) is 4.90. The first-order chi connectivity index (χ1) is 8.13. The smallest absolute Gasteiger partial charge is 0.331 e. The third kappa shape index (κ3) is 2.18. The van der Waals surface area contributed by atoms with Crippen LogP contribution in [0.3, 0.4) is 0 Å². The molecule has 0 heterocycles. The zero-order chi connectivity index (χ0) is 12.4. The zero-order valence-electron chi connectivity index (χ0n) is 10.2. The minimum absolute atomic E-state index is 0.475. The van der Waals surface area contributed by atoms with E-state index in [2.05, 4.69) is 11.4 Å². The summed E-state index contributed by atoms with van der Waals surface area (Å²) in [6, 6.07) is 6.14. The minimum Gasteiger partial charge on any atom is -0.478 e. The fourth-order valence-electron chi connectivity index (χ4n) is 2.36. The molecule has 3 nitrogen and oxygen atoms in total. The van der Waals surface area contributed by atoms with Gasteiger partial charge in [0.15, 0.2) is 0 Å². The zero-order valence-corrected chi connectivity index (χ0v) is 10.2. The topological polar surface area (TPSA) is 49.3 Å². The molecule has 1 aliphatic rings. The quantitative estimate of drug-likeness (QED) is 0.769. The fourth-order valence-corrected chi connectivity index (χ4v) is 2.36. The molecule has 0 bridgehead atoms. The number of benzene rings is 1. The Bertz CT molecular complexity index is 489. The molecular formula is C14H17NO2. The van der Waals surface area contributed by atoms with E-state index in [0.717, 1.165) is 36.1 Å². The summed E-state index contributed by atoms with van der Waals surface area (Å²) in [5.74, 6) is -0.814. The van der Waals surface area contributed by atoms with Crippen molar-refractivity contribution in [3.05, 3.63) is 34.9 Å². The Labute approximate surface area is 101 Å². The highest BCUT2D eigenvalue weighted by molar-refractivity contribution is 5.96.